The highest BCUT2D eigenvalue weighted by Crippen LogP contribution is 2.22. The summed E-state index contributed by atoms with van der Waals surface area (Å²) in [5.41, 5.74) is 2.95. The van der Waals surface area contributed by atoms with Gasteiger partial charge in [0, 0.05) is 12.0 Å². The molecule has 0 fully saturated rings. The standard InChI is InChI=1S/C15H26N2/c1-13-7-5-8-14(11-13)15(2,3)12-17-10-6-9-16-4/h5,7-8,11,16-17H,6,9-10,12H2,1-4H3. The number of benzene rings is 1. The molecule has 0 aliphatic heterocycles. The SMILES string of the molecule is CNCCCNCC(C)(C)c1cccc(C)c1. The molecule has 1 aromatic rings. The molecule has 0 heterocycles. The average molecular weight is 234 g/mol. The van der Waals surface area contributed by atoms with Gasteiger partial charge in [-0.3, -0.25) is 0 Å². The molecule has 17 heavy (non-hydrogen) atoms. The third kappa shape index (κ3) is 4.88. The van der Waals surface area contributed by atoms with Crippen molar-refractivity contribution >= 4 is 0 Å². The number of nitrogens with one attached hydrogen (secondary N) is 2. The Kier molecular flexibility index (Phi) is 5.66. The van der Waals surface area contributed by atoms with Gasteiger partial charge >= 0.3 is 0 Å². The van der Waals surface area contributed by atoms with Gasteiger partial charge in [-0.2, -0.15) is 0 Å². The lowest BCUT2D eigenvalue weighted by Gasteiger charge is -2.26. The highest BCUT2D eigenvalue weighted by Gasteiger charge is 2.19. The maximum absolute atomic E-state index is 3.54. The molecular formula is C15H26N2. The molecule has 0 amide bonds. The highest BCUT2D eigenvalue weighted by atomic mass is 14.9. The Bertz CT molecular complexity index is 331. The van der Waals surface area contributed by atoms with Crippen molar-refractivity contribution < 1.29 is 0 Å². The zero-order valence-corrected chi connectivity index (χ0v) is 11.6. The fraction of sp³-hybridized carbons (Fsp3) is 0.600. The van der Waals surface area contributed by atoms with Crippen molar-refractivity contribution in [3.05, 3.63) is 35.4 Å². The highest BCUT2D eigenvalue weighted by molar-refractivity contribution is 5.28. The molecule has 0 aliphatic rings. The second-order valence-corrected chi connectivity index (χ2v) is 5.39. The van der Waals surface area contributed by atoms with E-state index >= 15 is 0 Å². The Balaban J connectivity index is 2.45. The zero-order chi connectivity index (χ0) is 12.7. The van der Waals surface area contributed by atoms with E-state index in [0.717, 1.165) is 19.6 Å². The molecule has 2 nitrogen and oxygen atoms in total. The van der Waals surface area contributed by atoms with Gasteiger partial charge in [-0.25, -0.2) is 0 Å². The summed E-state index contributed by atoms with van der Waals surface area (Å²) in [5.74, 6) is 0. The van der Waals surface area contributed by atoms with Gasteiger partial charge in [0.2, 0.25) is 0 Å². The normalized spacial score (nSPS) is 11.8. The molecule has 2 heteroatoms. The molecule has 1 rings (SSSR count). The fourth-order valence-electron chi connectivity index (χ4n) is 1.96. The van der Waals surface area contributed by atoms with E-state index in [1.165, 1.54) is 17.5 Å². The zero-order valence-electron chi connectivity index (χ0n) is 11.6. The van der Waals surface area contributed by atoms with Crippen molar-refractivity contribution in [3.8, 4) is 0 Å². The van der Waals surface area contributed by atoms with Gasteiger partial charge < -0.3 is 10.6 Å². The van der Waals surface area contributed by atoms with Gasteiger partial charge in [-0.1, -0.05) is 43.7 Å². The van der Waals surface area contributed by atoms with Gasteiger partial charge in [0.15, 0.2) is 0 Å². The van der Waals surface area contributed by atoms with Gasteiger partial charge in [0.1, 0.15) is 0 Å². The van der Waals surface area contributed by atoms with E-state index in [4.69, 9.17) is 0 Å². The van der Waals surface area contributed by atoms with E-state index in [2.05, 4.69) is 55.7 Å². The first-order valence-corrected chi connectivity index (χ1v) is 6.49. The summed E-state index contributed by atoms with van der Waals surface area (Å²) in [7, 11) is 2.00. The summed E-state index contributed by atoms with van der Waals surface area (Å²) in [6, 6.07) is 8.81. The largest absolute Gasteiger partial charge is 0.320 e. The Morgan fingerprint density at radius 3 is 2.59 bits per heavy atom. The van der Waals surface area contributed by atoms with E-state index in [0.29, 0.717) is 0 Å². The van der Waals surface area contributed by atoms with Crippen LogP contribution in [0.3, 0.4) is 0 Å². The minimum absolute atomic E-state index is 0.200. The lowest BCUT2D eigenvalue weighted by molar-refractivity contribution is 0.464. The maximum atomic E-state index is 3.54. The lowest BCUT2D eigenvalue weighted by Crippen LogP contribution is -2.34. The molecular weight excluding hydrogens is 208 g/mol. The first-order chi connectivity index (χ1) is 8.06. The van der Waals surface area contributed by atoms with Crippen LogP contribution in [0.4, 0.5) is 0 Å². The van der Waals surface area contributed by atoms with E-state index in [1.807, 2.05) is 7.05 Å². The van der Waals surface area contributed by atoms with E-state index < -0.39 is 0 Å². The van der Waals surface area contributed by atoms with Crippen molar-refractivity contribution in [2.24, 2.45) is 0 Å². The minimum atomic E-state index is 0.200. The van der Waals surface area contributed by atoms with Crippen LogP contribution in [0.5, 0.6) is 0 Å². The number of rotatable bonds is 7. The van der Waals surface area contributed by atoms with Crippen LogP contribution in [0, 0.1) is 6.92 Å². The van der Waals surface area contributed by atoms with Gasteiger partial charge in [-0.15, -0.1) is 0 Å². The molecule has 0 saturated heterocycles. The molecule has 0 aromatic heterocycles. The third-order valence-corrected chi connectivity index (χ3v) is 3.15. The van der Waals surface area contributed by atoms with E-state index in [1.54, 1.807) is 0 Å². The fourth-order valence-corrected chi connectivity index (χ4v) is 1.96. The Hall–Kier alpha value is -0.860. The second kappa shape index (κ2) is 6.77. The average Bonchev–Trinajstić information content (AvgIpc) is 2.29. The summed E-state index contributed by atoms with van der Waals surface area (Å²) in [5, 5.41) is 6.70. The van der Waals surface area contributed by atoms with Crippen LogP contribution in [-0.2, 0) is 5.41 Å². The van der Waals surface area contributed by atoms with Crippen LogP contribution < -0.4 is 10.6 Å². The van der Waals surface area contributed by atoms with Crippen LogP contribution in [0.1, 0.15) is 31.4 Å². The Morgan fingerprint density at radius 1 is 1.18 bits per heavy atom. The smallest absolute Gasteiger partial charge is 0.00431 e. The number of hydrogen-bond acceptors (Lipinski definition) is 2. The molecule has 1 aromatic carbocycles. The van der Waals surface area contributed by atoms with Gasteiger partial charge in [0.25, 0.3) is 0 Å². The summed E-state index contributed by atoms with van der Waals surface area (Å²) in [6.45, 7) is 9.94. The predicted molar refractivity (Wildman–Crippen MR) is 75.6 cm³/mol. The van der Waals surface area contributed by atoms with E-state index in [-0.39, 0.29) is 5.41 Å². The first kappa shape index (κ1) is 14.2. The third-order valence-electron chi connectivity index (χ3n) is 3.15. The first-order valence-electron chi connectivity index (χ1n) is 6.49. The molecule has 0 atom stereocenters. The van der Waals surface area contributed by atoms with Crippen LogP contribution in [0.15, 0.2) is 24.3 Å². The number of hydrogen-bond donors (Lipinski definition) is 2. The topological polar surface area (TPSA) is 24.1 Å². The van der Waals surface area contributed by atoms with Crippen LogP contribution in [0.2, 0.25) is 0 Å². The summed E-state index contributed by atoms with van der Waals surface area (Å²) >= 11 is 0. The molecule has 0 aliphatic carbocycles. The second-order valence-electron chi connectivity index (χ2n) is 5.39. The Labute approximate surface area is 106 Å². The van der Waals surface area contributed by atoms with Crippen LogP contribution in [-0.4, -0.2) is 26.7 Å². The van der Waals surface area contributed by atoms with Crippen LogP contribution in [0.25, 0.3) is 0 Å². The molecule has 0 saturated carbocycles. The van der Waals surface area contributed by atoms with Gasteiger partial charge in [0.05, 0.1) is 0 Å². The monoisotopic (exact) mass is 234 g/mol. The molecule has 2 N–H and O–H groups in total. The molecule has 0 spiro atoms. The van der Waals surface area contributed by atoms with Crippen molar-refractivity contribution in [1.82, 2.24) is 10.6 Å². The van der Waals surface area contributed by atoms with E-state index in [9.17, 15) is 0 Å². The molecule has 0 radical (unpaired) electrons. The molecule has 0 bridgehead atoms. The lowest BCUT2D eigenvalue weighted by atomic mass is 9.84. The molecule has 96 valence electrons. The Morgan fingerprint density at radius 2 is 1.94 bits per heavy atom. The maximum Gasteiger partial charge on any atom is 0.00431 e. The number of aryl methyl sites for hydroxylation is 1. The summed E-state index contributed by atoms with van der Waals surface area (Å²) in [6.07, 6.45) is 1.18. The minimum Gasteiger partial charge on any atom is -0.320 e. The predicted octanol–water partition coefficient (Wildman–Crippen LogP) is 2.47. The quantitative estimate of drug-likeness (QED) is 0.708. The van der Waals surface area contributed by atoms with Crippen LogP contribution >= 0.6 is 0 Å². The van der Waals surface area contributed by atoms with Crippen molar-refractivity contribution in [2.45, 2.75) is 32.6 Å². The molecule has 0 unspecified atom stereocenters. The summed E-state index contributed by atoms with van der Waals surface area (Å²) in [4.78, 5) is 0. The summed E-state index contributed by atoms with van der Waals surface area (Å²) < 4.78 is 0. The van der Waals surface area contributed by atoms with Crippen molar-refractivity contribution in [1.29, 1.82) is 0 Å². The van der Waals surface area contributed by atoms with Crippen molar-refractivity contribution in [2.75, 3.05) is 26.7 Å². The van der Waals surface area contributed by atoms with Gasteiger partial charge in [-0.05, 0) is 39.0 Å². The van der Waals surface area contributed by atoms with Crippen molar-refractivity contribution in [3.63, 3.8) is 0 Å².